The number of nitrogens with zero attached hydrogens (tertiary/aromatic N) is 2. The van der Waals surface area contributed by atoms with E-state index in [1.165, 1.54) is 0 Å². The van der Waals surface area contributed by atoms with Gasteiger partial charge in [-0.15, -0.1) is 0 Å². The topological polar surface area (TPSA) is 75.7 Å². The van der Waals surface area contributed by atoms with Crippen molar-refractivity contribution in [3.05, 3.63) is 52.5 Å². The SMILES string of the molecule is O=C([O-])[C@H]1CCCC[C@H]1C(=O)Nc1ccc(N2CCN(c3cccc(Cl)c3Cl)CC2)cc1. The number of carboxylic acid groups (broad SMARTS) is 1. The van der Waals surface area contributed by atoms with Gasteiger partial charge in [0, 0.05) is 55.4 Å². The number of aliphatic carboxylic acids is 1. The Hall–Kier alpha value is -2.44. The maximum Gasteiger partial charge on any atom is 0.228 e. The molecule has 2 aromatic carbocycles. The van der Waals surface area contributed by atoms with Crippen LogP contribution >= 0.6 is 23.2 Å². The molecule has 1 heterocycles. The molecule has 1 saturated heterocycles. The molecule has 0 unspecified atom stereocenters. The number of carbonyl (C=O) groups excluding carboxylic acids is 2. The first kappa shape index (κ1) is 22.7. The molecule has 6 nitrogen and oxygen atoms in total. The van der Waals surface area contributed by atoms with Crippen LogP contribution < -0.4 is 20.2 Å². The second kappa shape index (κ2) is 10.0. The van der Waals surface area contributed by atoms with Gasteiger partial charge in [-0.3, -0.25) is 4.79 Å². The van der Waals surface area contributed by atoms with Gasteiger partial charge in [-0.2, -0.15) is 0 Å². The summed E-state index contributed by atoms with van der Waals surface area (Å²) in [6.07, 6.45) is 2.79. The van der Waals surface area contributed by atoms with Gasteiger partial charge in [-0.25, -0.2) is 0 Å². The number of anilines is 3. The molecule has 2 aliphatic rings. The predicted octanol–water partition coefficient (Wildman–Crippen LogP) is 3.81. The van der Waals surface area contributed by atoms with Gasteiger partial charge in [-0.1, -0.05) is 42.1 Å². The van der Waals surface area contributed by atoms with Gasteiger partial charge in [0.05, 0.1) is 15.7 Å². The van der Waals surface area contributed by atoms with Crippen LogP contribution in [0.4, 0.5) is 17.1 Å². The summed E-state index contributed by atoms with van der Waals surface area (Å²) < 4.78 is 0. The lowest BCUT2D eigenvalue weighted by Crippen LogP contribution is -2.46. The van der Waals surface area contributed by atoms with E-state index in [-0.39, 0.29) is 5.91 Å². The van der Waals surface area contributed by atoms with Crippen molar-refractivity contribution < 1.29 is 14.7 Å². The first-order valence-electron chi connectivity index (χ1n) is 11.0. The van der Waals surface area contributed by atoms with E-state index in [1.54, 1.807) is 6.07 Å². The summed E-state index contributed by atoms with van der Waals surface area (Å²) in [4.78, 5) is 28.5. The number of halogens is 2. The molecule has 2 aromatic rings. The minimum absolute atomic E-state index is 0.237. The van der Waals surface area contributed by atoms with Crippen molar-refractivity contribution in [2.75, 3.05) is 41.3 Å². The van der Waals surface area contributed by atoms with Crippen LogP contribution in [-0.4, -0.2) is 38.1 Å². The number of carboxylic acids is 1. The molecule has 1 aliphatic carbocycles. The Morgan fingerprint density at radius 1 is 0.875 bits per heavy atom. The molecule has 8 heteroatoms. The van der Waals surface area contributed by atoms with Gasteiger partial charge < -0.3 is 25.0 Å². The molecule has 170 valence electrons. The molecular formula is C24H26Cl2N3O3-. The Balaban J connectivity index is 1.34. The van der Waals surface area contributed by atoms with E-state index < -0.39 is 17.8 Å². The van der Waals surface area contributed by atoms with Crippen LogP contribution in [0, 0.1) is 11.8 Å². The fraction of sp³-hybridized carbons (Fsp3) is 0.417. The van der Waals surface area contributed by atoms with E-state index in [9.17, 15) is 14.7 Å². The van der Waals surface area contributed by atoms with Crippen LogP contribution in [0.15, 0.2) is 42.5 Å². The van der Waals surface area contributed by atoms with E-state index in [0.717, 1.165) is 50.4 Å². The third-order valence-electron chi connectivity index (χ3n) is 6.46. The first-order valence-corrected chi connectivity index (χ1v) is 11.8. The molecule has 1 aliphatic heterocycles. The summed E-state index contributed by atoms with van der Waals surface area (Å²) >= 11 is 12.5. The lowest BCUT2D eigenvalue weighted by Gasteiger charge is -2.37. The van der Waals surface area contributed by atoms with E-state index in [0.29, 0.717) is 28.6 Å². The molecular weight excluding hydrogens is 449 g/mol. The van der Waals surface area contributed by atoms with Crippen LogP contribution in [0.3, 0.4) is 0 Å². The molecule has 1 saturated carbocycles. The highest BCUT2D eigenvalue weighted by molar-refractivity contribution is 6.43. The maximum absolute atomic E-state index is 12.7. The van der Waals surface area contributed by atoms with Gasteiger partial charge in [0.2, 0.25) is 5.91 Å². The van der Waals surface area contributed by atoms with Crippen molar-refractivity contribution in [2.45, 2.75) is 25.7 Å². The van der Waals surface area contributed by atoms with E-state index in [4.69, 9.17) is 23.2 Å². The normalized spacial score (nSPS) is 21.3. The molecule has 0 aromatic heterocycles. The van der Waals surface area contributed by atoms with Crippen LogP contribution in [0.5, 0.6) is 0 Å². The second-order valence-electron chi connectivity index (χ2n) is 8.40. The van der Waals surface area contributed by atoms with Crippen LogP contribution in [0.25, 0.3) is 0 Å². The van der Waals surface area contributed by atoms with Gasteiger partial charge >= 0.3 is 0 Å². The third kappa shape index (κ3) is 4.97. The summed E-state index contributed by atoms with van der Waals surface area (Å²) in [6, 6.07) is 13.4. The zero-order valence-corrected chi connectivity index (χ0v) is 19.2. The molecule has 0 spiro atoms. The molecule has 0 bridgehead atoms. The summed E-state index contributed by atoms with van der Waals surface area (Å²) in [6.45, 7) is 3.32. The molecule has 32 heavy (non-hydrogen) atoms. The summed E-state index contributed by atoms with van der Waals surface area (Å²) in [5, 5.41) is 15.4. The first-order chi connectivity index (χ1) is 15.4. The fourth-order valence-electron chi connectivity index (χ4n) is 4.66. The van der Waals surface area contributed by atoms with E-state index in [1.807, 2.05) is 36.4 Å². The van der Waals surface area contributed by atoms with E-state index >= 15 is 0 Å². The number of carbonyl (C=O) groups is 2. The quantitative estimate of drug-likeness (QED) is 0.712. The zero-order chi connectivity index (χ0) is 22.7. The van der Waals surface area contributed by atoms with Crippen LogP contribution in [0.1, 0.15) is 25.7 Å². The lowest BCUT2D eigenvalue weighted by molar-refractivity contribution is -0.313. The molecule has 2 fully saturated rings. The Morgan fingerprint density at radius 3 is 2.16 bits per heavy atom. The number of rotatable bonds is 5. The molecule has 0 radical (unpaired) electrons. The van der Waals surface area contributed by atoms with Crippen molar-refractivity contribution in [1.82, 2.24) is 0 Å². The Labute approximate surface area is 198 Å². The highest BCUT2D eigenvalue weighted by Gasteiger charge is 2.31. The number of piperazine rings is 1. The van der Waals surface area contributed by atoms with E-state index in [2.05, 4.69) is 15.1 Å². The maximum atomic E-state index is 12.7. The van der Waals surface area contributed by atoms with Gasteiger partial charge in [0.15, 0.2) is 0 Å². The average Bonchev–Trinajstić information content (AvgIpc) is 2.81. The highest BCUT2D eigenvalue weighted by atomic mass is 35.5. The Kier molecular flexibility index (Phi) is 7.11. The van der Waals surface area contributed by atoms with Gasteiger partial charge in [0.1, 0.15) is 0 Å². The number of hydrogen-bond acceptors (Lipinski definition) is 5. The molecule has 1 N–H and O–H groups in total. The Morgan fingerprint density at radius 2 is 1.50 bits per heavy atom. The van der Waals surface area contributed by atoms with Crippen molar-refractivity contribution in [3.8, 4) is 0 Å². The summed E-state index contributed by atoms with van der Waals surface area (Å²) in [5.41, 5.74) is 2.70. The number of hydrogen-bond donors (Lipinski definition) is 1. The average molecular weight is 475 g/mol. The van der Waals surface area contributed by atoms with Crippen LogP contribution in [-0.2, 0) is 9.59 Å². The molecule has 4 rings (SSSR count). The fourth-order valence-corrected chi connectivity index (χ4v) is 5.07. The summed E-state index contributed by atoms with van der Waals surface area (Å²) in [5.74, 6) is -2.59. The third-order valence-corrected chi connectivity index (χ3v) is 7.27. The number of amides is 1. The highest BCUT2D eigenvalue weighted by Crippen LogP contribution is 2.34. The van der Waals surface area contributed by atoms with Gasteiger partial charge in [0.25, 0.3) is 0 Å². The number of benzene rings is 2. The molecule has 2 atom stereocenters. The van der Waals surface area contributed by atoms with Gasteiger partial charge in [-0.05, 0) is 49.2 Å². The summed E-state index contributed by atoms with van der Waals surface area (Å²) in [7, 11) is 0. The zero-order valence-electron chi connectivity index (χ0n) is 17.7. The van der Waals surface area contributed by atoms with Crippen LogP contribution in [0.2, 0.25) is 10.0 Å². The standard InChI is InChI=1S/C24H27Cl2N3O3/c25-20-6-3-7-21(22(20)26)29-14-12-28(13-15-29)17-10-8-16(9-11-17)27-23(30)18-4-1-2-5-19(18)24(31)32/h3,6-11,18-19H,1-2,4-5,12-15H2,(H,27,30)(H,31,32)/p-1/t18-,19+/m1/s1. The smallest absolute Gasteiger partial charge is 0.228 e. The van der Waals surface area contributed by atoms with Crippen molar-refractivity contribution >= 4 is 52.1 Å². The lowest BCUT2D eigenvalue weighted by atomic mass is 9.78. The van der Waals surface area contributed by atoms with Crippen molar-refractivity contribution in [2.24, 2.45) is 11.8 Å². The van der Waals surface area contributed by atoms with Crippen molar-refractivity contribution in [3.63, 3.8) is 0 Å². The molecule has 1 amide bonds. The monoisotopic (exact) mass is 474 g/mol. The Bertz CT molecular complexity index is 975. The number of nitrogens with one attached hydrogen (secondary N) is 1. The predicted molar refractivity (Wildman–Crippen MR) is 126 cm³/mol. The largest absolute Gasteiger partial charge is 0.550 e. The second-order valence-corrected chi connectivity index (χ2v) is 9.18. The minimum Gasteiger partial charge on any atom is -0.550 e. The van der Waals surface area contributed by atoms with Crippen molar-refractivity contribution in [1.29, 1.82) is 0 Å². The minimum atomic E-state index is -1.13.